The quantitative estimate of drug-likeness (QED) is 0.772. The van der Waals surface area contributed by atoms with Crippen molar-refractivity contribution in [2.24, 2.45) is 0 Å². The molecule has 3 aromatic heterocycles. The molecule has 0 radical (unpaired) electrons. The molecule has 0 unspecified atom stereocenters. The summed E-state index contributed by atoms with van der Waals surface area (Å²) < 4.78 is 3.66. The van der Waals surface area contributed by atoms with Crippen LogP contribution in [0.4, 0.5) is 0 Å². The normalized spacial score (nSPS) is 16.3. The van der Waals surface area contributed by atoms with Gasteiger partial charge in [-0.25, -0.2) is 9.67 Å². The smallest absolute Gasteiger partial charge is 0.274 e. The minimum Gasteiger partial charge on any atom is -0.384 e. The number of rotatable bonds is 3. The molecule has 0 atom stereocenters. The van der Waals surface area contributed by atoms with Crippen molar-refractivity contribution < 1.29 is 9.90 Å². The van der Waals surface area contributed by atoms with Crippen molar-refractivity contribution in [1.29, 1.82) is 0 Å². The third-order valence-electron chi connectivity index (χ3n) is 4.85. The Morgan fingerprint density at radius 2 is 2.00 bits per heavy atom. The number of fused-ring (bicyclic) bond motifs is 1. The molecule has 0 bridgehead atoms. The summed E-state index contributed by atoms with van der Waals surface area (Å²) in [6, 6.07) is 5.88. The van der Waals surface area contributed by atoms with Crippen LogP contribution in [0.2, 0.25) is 0 Å². The summed E-state index contributed by atoms with van der Waals surface area (Å²) in [5.41, 5.74) is 0.797. The third-order valence-corrected chi connectivity index (χ3v) is 4.85. The summed E-state index contributed by atoms with van der Waals surface area (Å²) in [6.45, 7) is 4.68. The van der Waals surface area contributed by atoms with E-state index in [2.05, 4.69) is 15.3 Å². The van der Waals surface area contributed by atoms with E-state index < -0.39 is 5.60 Å². The number of aliphatic hydroxyl groups is 1. The van der Waals surface area contributed by atoms with E-state index in [-0.39, 0.29) is 11.9 Å². The Hall–Kier alpha value is -2.74. The summed E-state index contributed by atoms with van der Waals surface area (Å²) in [5.74, 6) is -0.0390. The van der Waals surface area contributed by atoms with Gasteiger partial charge < -0.3 is 14.4 Å². The molecule has 8 heteroatoms. The first-order chi connectivity index (χ1) is 12.4. The van der Waals surface area contributed by atoms with Gasteiger partial charge in [-0.05, 0) is 38.8 Å². The van der Waals surface area contributed by atoms with Crippen molar-refractivity contribution in [3.8, 4) is 0 Å². The van der Waals surface area contributed by atoms with Gasteiger partial charge >= 0.3 is 0 Å². The van der Waals surface area contributed by atoms with E-state index in [1.807, 2.05) is 33.7 Å². The van der Waals surface area contributed by atoms with E-state index in [1.54, 1.807) is 30.9 Å². The second-order valence-electron chi connectivity index (χ2n) is 7.26. The number of amides is 1. The fraction of sp³-hybridized carbons (Fsp3) is 0.444. The number of hydrogen-bond donors (Lipinski definition) is 1. The predicted molar refractivity (Wildman–Crippen MR) is 94.6 cm³/mol. The van der Waals surface area contributed by atoms with E-state index in [4.69, 9.17) is 0 Å². The van der Waals surface area contributed by atoms with Gasteiger partial charge in [0.15, 0.2) is 0 Å². The Morgan fingerprint density at radius 3 is 2.65 bits per heavy atom. The lowest BCUT2D eigenvalue weighted by Crippen LogP contribution is -2.39. The van der Waals surface area contributed by atoms with Gasteiger partial charge in [-0.15, -0.1) is 5.10 Å². The molecule has 1 amide bonds. The molecule has 1 fully saturated rings. The van der Waals surface area contributed by atoms with E-state index in [1.165, 1.54) is 0 Å². The molecule has 26 heavy (non-hydrogen) atoms. The molecule has 1 aliphatic heterocycles. The monoisotopic (exact) mass is 354 g/mol. The molecular weight excluding hydrogens is 332 g/mol. The van der Waals surface area contributed by atoms with Crippen molar-refractivity contribution >= 4 is 11.6 Å². The number of carbonyl (C=O) groups excluding carboxylic acids is 1. The second-order valence-corrected chi connectivity index (χ2v) is 7.26. The van der Waals surface area contributed by atoms with Crippen LogP contribution in [0, 0.1) is 0 Å². The topological polar surface area (TPSA) is 88.5 Å². The van der Waals surface area contributed by atoms with Gasteiger partial charge in [0.2, 0.25) is 0 Å². The zero-order valence-electron chi connectivity index (χ0n) is 14.9. The average Bonchev–Trinajstić information content (AvgIpc) is 3.28. The van der Waals surface area contributed by atoms with Gasteiger partial charge in [0.1, 0.15) is 22.6 Å². The molecule has 0 aromatic carbocycles. The van der Waals surface area contributed by atoms with Gasteiger partial charge in [-0.1, -0.05) is 11.3 Å². The van der Waals surface area contributed by atoms with Crippen molar-refractivity contribution in [2.75, 3.05) is 13.1 Å². The maximum absolute atomic E-state index is 12.7. The standard InChI is InChI=1S/C18H22N6O2/c1-18(2,26)15-12-24(21-20-15)13-6-9-22(10-7-13)17(25)14-11-23-8-4-3-5-16(23)19-14/h3-5,8,11-13,26H,6-7,9-10H2,1-2H3. The average molecular weight is 354 g/mol. The lowest BCUT2D eigenvalue weighted by Gasteiger charge is -2.31. The van der Waals surface area contributed by atoms with Crippen molar-refractivity contribution in [3.05, 3.63) is 48.2 Å². The number of carbonyl (C=O) groups is 1. The molecule has 3 aromatic rings. The van der Waals surface area contributed by atoms with Crippen LogP contribution < -0.4 is 0 Å². The summed E-state index contributed by atoms with van der Waals surface area (Å²) in [4.78, 5) is 19.0. The first-order valence-corrected chi connectivity index (χ1v) is 8.79. The van der Waals surface area contributed by atoms with Crippen LogP contribution in [-0.4, -0.2) is 53.4 Å². The molecule has 136 valence electrons. The van der Waals surface area contributed by atoms with Crippen LogP contribution in [0.15, 0.2) is 36.8 Å². The van der Waals surface area contributed by atoms with E-state index in [0.29, 0.717) is 24.5 Å². The second kappa shape index (κ2) is 6.21. The van der Waals surface area contributed by atoms with E-state index >= 15 is 0 Å². The number of imidazole rings is 1. The molecule has 0 saturated carbocycles. The highest BCUT2D eigenvalue weighted by Gasteiger charge is 2.28. The van der Waals surface area contributed by atoms with Crippen LogP contribution in [0.3, 0.4) is 0 Å². The number of hydrogen-bond acceptors (Lipinski definition) is 5. The van der Waals surface area contributed by atoms with Crippen molar-refractivity contribution in [2.45, 2.75) is 38.3 Å². The fourth-order valence-corrected chi connectivity index (χ4v) is 3.27. The van der Waals surface area contributed by atoms with Gasteiger partial charge in [0, 0.05) is 25.5 Å². The third kappa shape index (κ3) is 3.08. The minimum absolute atomic E-state index is 0.0390. The summed E-state index contributed by atoms with van der Waals surface area (Å²) >= 11 is 0. The molecule has 0 spiro atoms. The number of piperidine rings is 1. The van der Waals surface area contributed by atoms with Gasteiger partial charge in [-0.2, -0.15) is 0 Å². The molecular formula is C18H22N6O2. The van der Waals surface area contributed by atoms with Crippen LogP contribution >= 0.6 is 0 Å². The largest absolute Gasteiger partial charge is 0.384 e. The van der Waals surface area contributed by atoms with Crippen LogP contribution in [0.25, 0.3) is 5.65 Å². The lowest BCUT2D eigenvalue weighted by molar-refractivity contribution is 0.0684. The zero-order chi connectivity index (χ0) is 18.3. The summed E-state index contributed by atoms with van der Waals surface area (Å²) in [6.07, 6.45) is 7.05. The molecule has 1 aliphatic rings. The maximum Gasteiger partial charge on any atom is 0.274 e. The first-order valence-electron chi connectivity index (χ1n) is 8.79. The summed E-state index contributed by atoms with van der Waals surface area (Å²) in [7, 11) is 0. The predicted octanol–water partition coefficient (Wildman–Crippen LogP) is 1.63. The van der Waals surface area contributed by atoms with E-state index in [9.17, 15) is 9.90 Å². The van der Waals surface area contributed by atoms with Gasteiger partial charge in [0.05, 0.1) is 12.2 Å². The Balaban J connectivity index is 1.43. The zero-order valence-corrected chi connectivity index (χ0v) is 14.9. The van der Waals surface area contributed by atoms with Gasteiger partial charge in [-0.3, -0.25) is 4.79 Å². The minimum atomic E-state index is -1.00. The van der Waals surface area contributed by atoms with Gasteiger partial charge in [0.25, 0.3) is 5.91 Å². The first kappa shape index (κ1) is 16.7. The Kier molecular flexibility index (Phi) is 3.99. The Labute approximate surface area is 151 Å². The summed E-state index contributed by atoms with van der Waals surface area (Å²) in [5, 5.41) is 18.2. The van der Waals surface area contributed by atoms with Crippen molar-refractivity contribution in [3.63, 3.8) is 0 Å². The Bertz CT molecular complexity index is 897. The van der Waals surface area contributed by atoms with Crippen LogP contribution in [0.1, 0.15) is 48.9 Å². The Morgan fingerprint density at radius 1 is 1.23 bits per heavy atom. The number of aromatic nitrogens is 5. The molecule has 4 rings (SSSR count). The SMILES string of the molecule is CC(C)(O)c1cn(C2CCN(C(=O)c3cn4ccccc4n3)CC2)nn1. The maximum atomic E-state index is 12.7. The highest BCUT2D eigenvalue weighted by atomic mass is 16.3. The number of nitrogens with zero attached hydrogens (tertiary/aromatic N) is 6. The van der Waals surface area contributed by atoms with Crippen molar-refractivity contribution in [1.82, 2.24) is 29.3 Å². The highest BCUT2D eigenvalue weighted by molar-refractivity contribution is 5.93. The molecule has 0 aliphatic carbocycles. The molecule has 4 heterocycles. The number of pyridine rings is 1. The molecule has 1 N–H and O–H groups in total. The highest BCUT2D eigenvalue weighted by Crippen LogP contribution is 2.25. The van der Waals surface area contributed by atoms with Crippen LogP contribution in [-0.2, 0) is 5.60 Å². The lowest BCUT2D eigenvalue weighted by atomic mass is 10.0. The molecule has 1 saturated heterocycles. The number of likely N-dealkylation sites (tertiary alicyclic amines) is 1. The fourth-order valence-electron chi connectivity index (χ4n) is 3.27. The molecule has 8 nitrogen and oxygen atoms in total. The van der Waals surface area contributed by atoms with Crippen LogP contribution in [0.5, 0.6) is 0 Å². The van der Waals surface area contributed by atoms with E-state index in [0.717, 1.165) is 18.5 Å².